The first-order valence-corrected chi connectivity index (χ1v) is 7.86. The summed E-state index contributed by atoms with van der Waals surface area (Å²) in [6, 6.07) is 11.7. The molecule has 2 aromatic carbocycles. The van der Waals surface area contributed by atoms with Crippen LogP contribution in [0.1, 0.15) is 23.2 Å². The van der Waals surface area contributed by atoms with Crippen LogP contribution in [0.25, 0.3) is 0 Å². The first-order chi connectivity index (χ1) is 12.5. The second kappa shape index (κ2) is 9.31. The van der Waals surface area contributed by atoms with E-state index in [0.717, 1.165) is 0 Å². The van der Waals surface area contributed by atoms with Crippen molar-refractivity contribution in [2.24, 2.45) is 0 Å². The van der Waals surface area contributed by atoms with Crippen LogP contribution < -0.4 is 10.1 Å². The van der Waals surface area contributed by atoms with Gasteiger partial charge >= 0.3 is 5.97 Å². The van der Waals surface area contributed by atoms with Crippen LogP contribution in [-0.4, -0.2) is 31.4 Å². The molecule has 0 aliphatic carbocycles. The highest BCUT2D eigenvalue weighted by atomic mass is 19.1. The summed E-state index contributed by atoms with van der Waals surface area (Å²) in [5.41, 5.74) is 0.826. The molecule has 2 aromatic rings. The lowest BCUT2D eigenvalue weighted by molar-refractivity contribution is -0.143. The summed E-state index contributed by atoms with van der Waals surface area (Å²) in [7, 11) is 1.52. The van der Waals surface area contributed by atoms with Crippen molar-refractivity contribution in [3.63, 3.8) is 0 Å². The molecule has 26 heavy (non-hydrogen) atoms. The summed E-state index contributed by atoms with van der Waals surface area (Å²) in [5.74, 6) is -1.20. The minimum absolute atomic E-state index is 0.104. The maximum Gasteiger partial charge on any atom is 0.306 e. The van der Waals surface area contributed by atoms with Gasteiger partial charge in [0, 0.05) is 17.7 Å². The number of amides is 1. The summed E-state index contributed by atoms with van der Waals surface area (Å²) in [4.78, 5) is 35.3. The van der Waals surface area contributed by atoms with E-state index in [1.807, 2.05) is 0 Å². The van der Waals surface area contributed by atoms with E-state index in [-0.39, 0.29) is 18.6 Å². The number of ketones is 1. The fourth-order valence-corrected chi connectivity index (χ4v) is 2.05. The molecule has 0 saturated heterocycles. The Bertz CT molecular complexity index is 772. The average Bonchev–Trinajstić information content (AvgIpc) is 2.66. The quantitative estimate of drug-likeness (QED) is 0.579. The number of carbonyl (C=O) groups excluding carboxylic acids is 3. The van der Waals surface area contributed by atoms with Crippen molar-refractivity contribution in [1.82, 2.24) is 0 Å². The molecule has 1 N–H and O–H groups in total. The van der Waals surface area contributed by atoms with Crippen LogP contribution in [0.3, 0.4) is 0 Å². The topological polar surface area (TPSA) is 81.7 Å². The second-order valence-electron chi connectivity index (χ2n) is 5.37. The van der Waals surface area contributed by atoms with Gasteiger partial charge in [0.05, 0.1) is 13.5 Å². The number of esters is 1. The molecule has 0 saturated carbocycles. The number of rotatable bonds is 8. The van der Waals surface area contributed by atoms with Gasteiger partial charge in [-0.3, -0.25) is 14.4 Å². The van der Waals surface area contributed by atoms with Gasteiger partial charge in [0.1, 0.15) is 11.6 Å². The molecule has 0 spiro atoms. The molecule has 0 radical (unpaired) electrons. The van der Waals surface area contributed by atoms with E-state index in [2.05, 4.69) is 5.32 Å². The van der Waals surface area contributed by atoms with E-state index < -0.39 is 24.3 Å². The van der Waals surface area contributed by atoms with Crippen LogP contribution in [0.2, 0.25) is 0 Å². The number of benzene rings is 2. The molecule has 0 heterocycles. The molecule has 0 aromatic heterocycles. The van der Waals surface area contributed by atoms with Gasteiger partial charge in [-0.05, 0) is 48.5 Å². The van der Waals surface area contributed by atoms with E-state index >= 15 is 0 Å². The van der Waals surface area contributed by atoms with Gasteiger partial charge in [0.15, 0.2) is 12.4 Å². The van der Waals surface area contributed by atoms with Crippen LogP contribution in [0, 0.1) is 5.82 Å². The summed E-state index contributed by atoms with van der Waals surface area (Å²) in [6.07, 6.45) is -0.268. The standard InChI is InChI=1S/C19H18FNO5/c1-25-16-8-2-13(3-9-16)17(22)12-26-19(24)11-10-18(23)21-15-6-4-14(20)5-7-15/h2-9H,10-12H2,1H3,(H,21,23). The molecule has 0 aliphatic heterocycles. The molecule has 7 heteroatoms. The van der Waals surface area contributed by atoms with Crippen LogP contribution in [-0.2, 0) is 14.3 Å². The Kier molecular flexibility index (Phi) is 6.84. The Morgan fingerprint density at radius 2 is 1.62 bits per heavy atom. The molecule has 0 unspecified atom stereocenters. The molecule has 6 nitrogen and oxygen atoms in total. The minimum atomic E-state index is -0.652. The third-order valence-corrected chi connectivity index (χ3v) is 3.46. The van der Waals surface area contributed by atoms with E-state index in [1.54, 1.807) is 24.3 Å². The number of nitrogens with one attached hydrogen (secondary N) is 1. The first kappa shape index (κ1) is 19.1. The van der Waals surface area contributed by atoms with E-state index in [0.29, 0.717) is 17.0 Å². The van der Waals surface area contributed by atoms with E-state index in [9.17, 15) is 18.8 Å². The molecule has 0 atom stereocenters. The molecule has 2 rings (SSSR count). The fraction of sp³-hybridized carbons (Fsp3) is 0.211. The lowest BCUT2D eigenvalue weighted by atomic mass is 10.1. The highest BCUT2D eigenvalue weighted by molar-refractivity contribution is 5.98. The van der Waals surface area contributed by atoms with Crippen molar-refractivity contribution in [3.8, 4) is 5.75 Å². The SMILES string of the molecule is COc1ccc(C(=O)COC(=O)CCC(=O)Nc2ccc(F)cc2)cc1. The molecule has 0 bridgehead atoms. The molecular formula is C19H18FNO5. The van der Waals surface area contributed by atoms with Gasteiger partial charge in [0.25, 0.3) is 0 Å². The maximum absolute atomic E-state index is 12.8. The van der Waals surface area contributed by atoms with Crippen molar-refractivity contribution < 1.29 is 28.2 Å². The number of carbonyl (C=O) groups is 3. The molecule has 136 valence electrons. The Labute approximate surface area is 149 Å². The summed E-state index contributed by atoms with van der Waals surface area (Å²) in [6.45, 7) is -0.398. The number of halogens is 1. The third kappa shape index (κ3) is 6.01. The zero-order chi connectivity index (χ0) is 18.9. The highest BCUT2D eigenvalue weighted by Crippen LogP contribution is 2.12. The number of hydrogen-bond acceptors (Lipinski definition) is 5. The second-order valence-corrected chi connectivity index (χ2v) is 5.37. The molecular weight excluding hydrogens is 341 g/mol. The van der Waals surface area contributed by atoms with Crippen LogP contribution in [0.4, 0.5) is 10.1 Å². The van der Waals surface area contributed by atoms with Gasteiger partial charge in [-0.1, -0.05) is 0 Å². The van der Waals surface area contributed by atoms with Crippen LogP contribution >= 0.6 is 0 Å². The lowest BCUT2D eigenvalue weighted by Gasteiger charge is -2.06. The zero-order valence-corrected chi connectivity index (χ0v) is 14.2. The van der Waals surface area contributed by atoms with Gasteiger partial charge in [-0.15, -0.1) is 0 Å². The van der Waals surface area contributed by atoms with Crippen LogP contribution in [0.5, 0.6) is 5.75 Å². The first-order valence-electron chi connectivity index (χ1n) is 7.86. The lowest BCUT2D eigenvalue weighted by Crippen LogP contribution is -2.17. The van der Waals surface area contributed by atoms with Crippen molar-refractivity contribution in [2.75, 3.05) is 19.0 Å². The number of anilines is 1. The number of methoxy groups -OCH3 is 1. The fourth-order valence-electron chi connectivity index (χ4n) is 2.05. The Balaban J connectivity index is 1.71. The monoisotopic (exact) mass is 359 g/mol. The zero-order valence-electron chi connectivity index (χ0n) is 14.2. The Morgan fingerprint density at radius 3 is 2.23 bits per heavy atom. The number of Topliss-reactive ketones (excluding diaryl/α,β-unsaturated/α-hetero) is 1. The molecule has 1 amide bonds. The van der Waals surface area contributed by atoms with Gasteiger partial charge in [0.2, 0.25) is 5.91 Å². The third-order valence-electron chi connectivity index (χ3n) is 3.46. The normalized spacial score (nSPS) is 10.1. The number of ether oxygens (including phenoxy) is 2. The molecule has 0 aliphatic rings. The summed E-state index contributed by atoms with van der Waals surface area (Å²) in [5, 5.41) is 2.53. The summed E-state index contributed by atoms with van der Waals surface area (Å²) >= 11 is 0. The largest absolute Gasteiger partial charge is 0.497 e. The average molecular weight is 359 g/mol. The van der Waals surface area contributed by atoms with E-state index in [1.165, 1.54) is 31.4 Å². The van der Waals surface area contributed by atoms with Crippen molar-refractivity contribution in [3.05, 3.63) is 59.9 Å². The maximum atomic E-state index is 12.8. The predicted octanol–water partition coefficient (Wildman–Crippen LogP) is 2.98. The Morgan fingerprint density at radius 1 is 0.962 bits per heavy atom. The van der Waals surface area contributed by atoms with E-state index in [4.69, 9.17) is 9.47 Å². The summed E-state index contributed by atoms with van der Waals surface area (Å²) < 4.78 is 22.7. The van der Waals surface area contributed by atoms with Crippen molar-refractivity contribution in [1.29, 1.82) is 0 Å². The van der Waals surface area contributed by atoms with Crippen LogP contribution in [0.15, 0.2) is 48.5 Å². The van der Waals surface area contributed by atoms with Gasteiger partial charge < -0.3 is 14.8 Å². The smallest absolute Gasteiger partial charge is 0.306 e. The van der Waals surface area contributed by atoms with Crippen molar-refractivity contribution >= 4 is 23.3 Å². The van der Waals surface area contributed by atoms with Crippen molar-refractivity contribution in [2.45, 2.75) is 12.8 Å². The Hall–Kier alpha value is -3.22. The van der Waals surface area contributed by atoms with Gasteiger partial charge in [-0.2, -0.15) is 0 Å². The minimum Gasteiger partial charge on any atom is -0.497 e. The predicted molar refractivity (Wildman–Crippen MR) is 92.5 cm³/mol. The van der Waals surface area contributed by atoms with Gasteiger partial charge in [-0.25, -0.2) is 4.39 Å². The highest BCUT2D eigenvalue weighted by Gasteiger charge is 2.12. The molecule has 0 fully saturated rings. The number of hydrogen-bond donors (Lipinski definition) is 1.